The van der Waals surface area contributed by atoms with Gasteiger partial charge in [-0.05, 0) is 31.6 Å². The van der Waals surface area contributed by atoms with E-state index in [0.29, 0.717) is 25.7 Å². The highest BCUT2D eigenvalue weighted by Gasteiger charge is 2.30. The molecule has 87 heavy (non-hydrogen) atoms. The third kappa shape index (κ3) is 62.6. The Morgan fingerprint density at radius 1 is 0.310 bits per heavy atom. The minimum Gasteiger partial charge on any atom is -0.462 e. The van der Waals surface area contributed by atoms with Crippen molar-refractivity contribution in [3.05, 3.63) is 0 Å². The first-order valence-corrected chi connectivity index (χ1v) is 38.6. The first kappa shape index (κ1) is 85.1. The van der Waals surface area contributed by atoms with Crippen LogP contribution in [-0.4, -0.2) is 96.7 Å². The van der Waals surface area contributed by atoms with E-state index >= 15 is 0 Å². The molecule has 0 aromatic rings. The second-order valence-corrected chi connectivity index (χ2v) is 27.9. The van der Waals surface area contributed by atoms with E-state index in [2.05, 4.69) is 34.6 Å². The Kier molecular flexibility index (Phi) is 60.2. The minimum absolute atomic E-state index is 0.105. The van der Waals surface area contributed by atoms with Gasteiger partial charge in [0.15, 0.2) is 12.2 Å². The summed E-state index contributed by atoms with van der Waals surface area (Å²) in [5.74, 6) is -1.34. The minimum atomic E-state index is -4.95. The van der Waals surface area contributed by atoms with Crippen LogP contribution in [0.4, 0.5) is 0 Å². The molecule has 0 aliphatic carbocycles. The number of aliphatic hydroxyl groups is 1. The first-order valence-electron chi connectivity index (χ1n) is 35.6. The smallest absolute Gasteiger partial charge is 0.462 e. The molecule has 3 N–H and O–H groups in total. The van der Waals surface area contributed by atoms with Crippen LogP contribution in [0.15, 0.2) is 0 Å². The van der Waals surface area contributed by atoms with Gasteiger partial charge in [-0.3, -0.25) is 37.3 Å². The molecule has 2 unspecified atom stereocenters. The van der Waals surface area contributed by atoms with Gasteiger partial charge in [0, 0.05) is 25.7 Å². The highest BCUT2D eigenvalue weighted by Crippen LogP contribution is 2.45. The largest absolute Gasteiger partial charge is 0.472 e. The Morgan fingerprint density at radius 2 is 0.529 bits per heavy atom. The van der Waals surface area contributed by atoms with Gasteiger partial charge in [0.25, 0.3) is 0 Å². The lowest BCUT2D eigenvalue weighted by atomic mass is 10.0. The van der Waals surface area contributed by atoms with Crippen LogP contribution in [0, 0.1) is 5.92 Å². The molecule has 0 aromatic heterocycles. The van der Waals surface area contributed by atoms with Crippen LogP contribution in [0.25, 0.3) is 0 Å². The predicted octanol–water partition coefficient (Wildman–Crippen LogP) is 19.4. The van der Waals surface area contributed by atoms with Crippen molar-refractivity contribution in [1.29, 1.82) is 0 Å². The summed E-state index contributed by atoms with van der Waals surface area (Å²) in [4.78, 5) is 72.2. The number of rotatable bonds is 68. The zero-order chi connectivity index (χ0) is 64.2. The van der Waals surface area contributed by atoms with Crippen molar-refractivity contribution < 1.29 is 80.2 Å². The van der Waals surface area contributed by atoms with Crippen LogP contribution in [0.5, 0.6) is 0 Å². The number of esters is 4. The highest BCUT2D eigenvalue weighted by molar-refractivity contribution is 7.47. The van der Waals surface area contributed by atoms with Crippen molar-refractivity contribution in [3.8, 4) is 0 Å². The van der Waals surface area contributed by atoms with Gasteiger partial charge in [0.05, 0.1) is 26.4 Å². The van der Waals surface area contributed by atoms with E-state index in [1.807, 2.05) is 0 Å². The Labute approximate surface area is 530 Å². The number of carbonyl (C=O) groups is 4. The van der Waals surface area contributed by atoms with Crippen molar-refractivity contribution in [1.82, 2.24) is 0 Å². The SMILES string of the molecule is CCCCCCCCCCCCCCCCCC(=O)OC[C@H](COP(=O)(O)OC[C@@H](O)COP(=O)(O)OC[C@@H](COC(=O)CCCCCCCCC)OC(=O)CCCCCCCCCC)OC(=O)CCCCCCCCCCCCCCCCC(C)C. The van der Waals surface area contributed by atoms with Gasteiger partial charge in [0.1, 0.15) is 19.3 Å². The Hall–Kier alpha value is -1.94. The monoisotopic (exact) mass is 1280 g/mol. The van der Waals surface area contributed by atoms with Gasteiger partial charge in [-0.25, -0.2) is 9.13 Å². The lowest BCUT2D eigenvalue weighted by Gasteiger charge is -2.21. The number of phosphoric ester groups is 2. The second kappa shape index (κ2) is 61.6. The molecule has 0 aliphatic heterocycles. The topological polar surface area (TPSA) is 237 Å². The first-order chi connectivity index (χ1) is 42.0. The molecule has 0 rings (SSSR count). The summed E-state index contributed by atoms with van der Waals surface area (Å²) in [5.41, 5.74) is 0. The van der Waals surface area contributed by atoms with E-state index in [4.69, 9.17) is 37.0 Å². The van der Waals surface area contributed by atoms with Gasteiger partial charge < -0.3 is 33.8 Å². The Balaban J connectivity index is 5.17. The average Bonchev–Trinajstić information content (AvgIpc) is 3.69. The Bertz CT molecular complexity index is 1690. The van der Waals surface area contributed by atoms with Crippen molar-refractivity contribution in [2.75, 3.05) is 39.6 Å². The summed E-state index contributed by atoms with van der Waals surface area (Å²) in [6.07, 6.45) is 47.4. The Morgan fingerprint density at radius 3 is 0.782 bits per heavy atom. The number of hydrogen-bond donors (Lipinski definition) is 3. The maximum atomic E-state index is 13.0. The predicted molar refractivity (Wildman–Crippen MR) is 349 cm³/mol. The second-order valence-electron chi connectivity index (χ2n) is 25.0. The molecule has 0 bridgehead atoms. The highest BCUT2D eigenvalue weighted by atomic mass is 31.2. The maximum absolute atomic E-state index is 13.0. The molecule has 19 heteroatoms. The number of carbonyl (C=O) groups excluding carboxylic acids is 4. The third-order valence-electron chi connectivity index (χ3n) is 15.8. The van der Waals surface area contributed by atoms with Crippen molar-refractivity contribution in [2.45, 2.75) is 368 Å². The summed E-state index contributed by atoms with van der Waals surface area (Å²) in [7, 11) is -9.88. The molecule has 0 aliphatic rings. The normalized spacial score (nSPS) is 14.1. The third-order valence-corrected chi connectivity index (χ3v) is 17.7. The zero-order valence-electron chi connectivity index (χ0n) is 56.2. The molecule has 0 aromatic carbocycles. The number of unbranched alkanes of at least 4 members (excludes halogenated alkanes) is 40. The standard InChI is InChI=1S/C68H132O17P2/c1-6-9-12-15-18-20-21-22-23-27-30-33-38-42-47-52-66(71)79-58-64(85-68(73)54-49-44-39-34-31-28-25-24-26-29-32-36-40-45-50-61(4)5)60-83-87(76,77)81-56-62(69)55-80-86(74,75)82-59-63(57-78-65(70)51-46-41-35-17-14-11-8-3)84-67(72)53-48-43-37-19-16-13-10-7-2/h61-64,69H,6-60H2,1-5H3,(H,74,75)(H,76,77)/t62-,63+,64+/m0/s1. The summed E-state index contributed by atoms with van der Waals surface area (Å²) in [6, 6.07) is 0. The maximum Gasteiger partial charge on any atom is 0.472 e. The molecular weight excluding hydrogens is 1150 g/mol. The summed E-state index contributed by atoms with van der Waals surface area (Å²) < 4.78 is 68.0. The fraction of sp³-hybridized carbons (Fsp3) is 0.941. The molecule has 0 fully saturated rings. The molecule has 0 radical (unpaired) electrons. The van der Waals surface area contributed by atoms with E-state index in [0.717, 1.165) is 115 Å². The summed E-state index contributed by atoms with van der Waals surface area (Å²) in [5, 5.41) is 10.5. The molecule has 0 saturated heterocycles. The molecular formula is C68H132O17P2. The summed E-state index contributed by atoms with van der Waals surface area (Å²) >= 11 is 0. The van der Waals surface area contributed by atoms with Crippen LogP contribution in [-0.2, 0) is 65.4 Å². The number of ether oxygens (including phenoxy) is 4. The van der Waals surface area contributed by atoms with Gasteiger partial charge in [-0.1, -0.05) is 298 Å². The fourth-order valence-corrected chi connectivity index (χ4v) is 11.9. The van der Waals surface area contributed by atoms with E-state index < -0.39 is 97.5 Å². The van der Waals surface area contributed by atoms with Gasteiger partial charge in [-0.2, -0.15) is 0 Å². The molecule has 17 nitrogen and oxygen atoms in total. The molecule has 516 valence electrons. The molecule has 0 spiro atoms. The van der Waals surface area contributed by atoms with Gasteiger partial charge >= 0.3 is 39.5 Å². The van der Waals surface area contributed by atoms with Crippen LogP contribution in [0.2, 0.25) is 0 Å². The molecule has 0 saturated carbocycles. The van der Waals surface area contributed by atoms with E-state index in [1.165, 1.54) is 154 Å². The van der Waals surface area contributed by atoms with Crippen molar-refractivity contribution >= 4 is 39.5 Å². The van der Waals surface area contributed by atoms with E-state index in [-0.39, 0.29) is 25.7 Å². The number of aliphatic hydroxyl groups excluding tert-OH is 1. The van der Waals surface area contributed by atoms with E-state index in [9.17, 15) is 43.2 Å². The van der Waals surface area contributed by atoms with Crippen LogP contribution in [0.3, 0.4) is 0 Å². The number of hydrogen-bond acceptors (Lipinski definition) is 15. The molecule has 5 atom stereocenters. The number of phosphoric acid groups is 2. The average molecular weight is 1280 g/mol. The van der Waals surface area contributed by atoms with Crippen molar-refractivity contribution in [2.24, 2.45) is 5.92 Å². The van der Waals surface area contributed by atoms with Gasteiger partial charge in [0.2, 0.25) is 0 Å². The summed E-state index contributed by atoms with van der Waals surface area (Å²) in [6.45, 7) is 7.19. The van der Waals surface area contributed by atoms with Gasteiger partial charge in [-0.15, -0.1) is 0 Å². The van der Waals surface area contributed by atoms with Crippen LogP contribution >= 0.6 is 15.6 Å². The fourth-order valence-electron chi connectivity index (χ4n) is 10.3. The van der Waals surface area contributed by atoms with Crippen molar-refractivity contribution in [3.63, 3.8) is 0 Å². The van der Waals surface area contributed by atoms with E-state index in [1.54, 1.807) is 0 Å². The quantitative estimate of drug-likeness (QED) is 0.0222. The molecule has 0 amide bonds. The lowest BCUT2D eigenvalue weighted by Crippen LogP contribution is -2.30. The van der Waals surface area contributed by atoms with Crippen LogP contribution in [0.1, 0.15) is 349 Å². The lowest BCUT2D eigenvalue weighted by molar-refractivity contribution is -0.161. The molecule has 0 heterocycles. The van der Waals surface area contributed by atoms with Crippen LogP contribution < -0.4 is 0 Å². The zero-order valence-corrected chi connectivity index (χ0v) is 57.9.